The molecule has 3 nitrogen and oxygen atoms in total. The van der Waals surface area contributed by atoms with Crippen LogP contribution in [0.4, 0.5) is 0 Å². The fraction of sp³-hybridized carbons (Fsp3) is 0.176. The zero-order valence-electron chi connectivity index (χ0n) is 11.7. The van der Waals surface area contributed by atoms with Gasteiger partial charge in [0.15, 0.2) is 0 Å². The van der Waals surface area contributed by atoms with E-state index in [1.807, 2.05) is 55.5 Å². The molecule has 0 aliphatic carbocycles. The van der Waals surface area contributed by atoms with Gasteiger partial charge in [-0.2, -0.15) is 0 Å². The topological polar surface area (TPSA) is 46.0 Å². The minimum atomic E-state index is -0.443. The summed E-state index contributed by atoms with van der Waals surface area (Å²) in [5, 5.41) is 12.1. The number of rotatable bonds is 4. The van der Waals surface area contributed by atoms with Gasteiger partial charge in [-0.05, 0) is 24.1 Å². The lowest BCUT2D eigenvalue weighted by molar-refractivity contribution is 0.171. The fourth-order valence-electron chi connectivity index (χ4n) is 2.23. The molecule has 0 spiro atoms. The maximum atomic E-state index is 10.2. The van der Waals surface area contributed by atoms with Gasteiger partial charge in [0.05, 0.1) is 11.6 Å². The van der Waals surface area contributed by atoms with Gasteiger partial charge in [0.1, 0.15) is 11.4 Å². The van der Waals surface area contributed by atoms with Gasteiger partial charge in [-0.25, -0.2) is 9.97 Å². The Kier molecular flexibility index (Phi) is 4.18. The molecule has 1 N–H and O–H groups in total. The van der Waals surface area contributed by atoms with Crippen molar-refractivity contribution in [3.63, 3.8) is 0 Å². The molecule has 1 heterocycles. The smallest absolute Gasteiger partial charge is 0.117 e. The van der Waals surface area contributed by atoms with Crippen LogP contribution in [0.3, 0.4) is 0 Å². The monoisotopic (exact) mass is 296 g/mol. The van der Waals surface area contributed by atoms with Crippen LogP contribution < -0.4 is 0 Å². The highest BCUT2D eigenvalue weighted by Gasteiger charge is 2.13. The number of benzene rings is 2. The number of hydrogen-bond donors (Lipinski definition) is 1. The number of hydrogen-bond acceptors (Lipinski definition) is 4. The van der Waals surface area contributed by atoms with Crippen molar-refractivity contribution in [1.82, 2.24) is 9.97 Å². The normalized spacial score (nSPS) is 12.5. The Hall–Kier alpha value is -1.91. The maximum absolute atomic E-state index is 10.2. The largest absolute Gasteiger partial charge is 0.388 e. The van der Waals surface area contributed by atoms with Gasteiger partial charge in [-0.15, -0.1) is 0 Å². The van der Waals surface area contributed by atoms with E-state index in [-0.39, 0.29) is 0 Å². The molecule has 21 heavy (non-hydrogen) atoms. The first-order chi connectivity index (χ1) is 10.3. The fourth-order valence-corrected chi connectivity index (χ4v) is 3.29. The number of aliphatic hydroxyl groups is 1. The summed E-state index contributed by atoms with van der Waals surface area (Å²) in [4.78, 5) is 9.72. The van der Waals surface area contributed by atoms with Gasteiger partial charge >= 0.3 is 0 Å². The summed E-state index contributed by atoms with van der Waals surface area (Å²) in [6.45, 7) is 1.98. The summed E-state index contributed by atoms with van der Waals surface area (Å²) in [6, 6.07) is 15.9. The second kappa shape index (κ2) is 6.24. The molecule has 1 atom stereocenters. The molecule has 4 heteroatoms. The number of nitrogens with zero attached hydrogens (tertiary/aromatic N) is 2. The van der Waals surface area contributed by atoms with Gasteiger partial charge < -0.3 is 5.11 Å². The van der Waals surface area contributed by atoms with Crippen molar-refractivity contribution in [2.75, 3.05) is 0 Å². The first-order valence-electron chi connectivity index (χ1n) is 6.94. The molecular formula is C17H16N2OS. The highest BCUT2D eigenvalue weighted by atomic mass is 32.2. The minimum Gasteiger partial charge on any atom is -0.388 e. The van der Waals surface area contributed by atoms with Crippen molar-refractivity contribution < 1.29 is 5.11 Å². The van der Waals surface area contributed by atoms with E-state index in [1.165, 1.54) is 0 Å². The zero-order chi connectivity index (χ0) is 14.7. The molecule has 1 aromatic heterocycles. The van der Waals surface area contributed by atoms with Crippen molar-refractivity contribution >= 4 is 22.7 Å². The number of aromatic nitrogens is 2. The van der Waals surface area contributed by atoms with Gasteiger partial charge in [0, 0.05) is 10.3 Å². The van der Waals surface area contributed by atoms with Crippen molar-refractivity contribution in [3.8, 4) is 0 Å². The molecule has 3 aromatic rings. The SMILES string of the molecule is CCC(O)c1ccccc1Sc1ncnc2ccccc12. The third kappa shape index (κ3) is 2.91. The predicted molar refractivity (Wildman–Crippen MR) is 85.4 cm³/mol. The van der Waals surface area contributed by atoms with Crippen LogP contribution in [0.1, 0.15) is 25.0 Å². The maximum Gasteiger partial charge on any atom is 0.117 e. The van der Waals surface area contributed by atoms with Crippen LogP contribution >= 0.6 is 11.8 Å². The van der Waals surface area contributed by atoms with Crippen LogP contribution in [0.15, 0.2) is 64.8 Å². The Morgan fingerprint density at radius 1 is 1.05 bits per heavy atom. The van der Waals surface area contributed by atoms with Gasteiger partial charge in [-0.1, -0.05) is 55.1 Å². The quantitative estimate of drug-likeness (QED) is 0.732. The summed E-state index contributed by atoms with van der Waals surface area (Å²) >= 11 is 1.58. The Labute approximate surface area is 128 Å². The van der Waals surface area contributed by atoms with E-state index in [1.54, 1.807) is 18.1 Å². The van der Waals surface area contributed by atoms with Crippen molar-refractivity contribution in [3.05, 3.63) is 60.4 Å². The summed E-state index contributed by atoms with van der Waals surface area (Å²) in [7, 11) is 0. The summed E-state index contributed by atoms with van der Waals surface area (Å²) in [5.74, 6) is 0. The molecule has 1 unspecified atom stereocenters. The molecule has 0 bridgehead atoms. The first-order valence-corrected chi connectivity index (χ1v) is 7.76. The summed E-state index contributed by atoms with van der Waals surface area (Å²) in [6.07, 6.45) is 1.84. The van der Waals surface area contributed by atoms with Crippen LogP contribution in [0, 0.1) is 0 Å². The lowest BCUT2D eigenvalue weighted by Gasteiger charge is -2.13. The molecule has 0 aliphatic heterocycles. The molecule has 2 aromatic carbocycles. The molecule has 3 rings (SSSR count). The third-order valence-electron chi connectivity index (χ3n) is 3.38. The van der Waals surface area contributed by atoms with Crippen LogP contribution in [0.25, 0.3) is 10.9 Å². The van der Waals surface area contributed by atoms with Gasteiger partial charge in [0.25, 0.3) is 0 Å². The number of para-hydroxylation sites is 1. The Morgan fingerprint density at radius 3 is 2.67 bits per heavy atom. The second-order valence-electron chi connectivity index (χ2n) is 4.76. The molecule has 0 saturated heterocycles. The molecule has 0 radical (unpaired) electrons. The molecular weight excluding hydrogens is 280 g/mol. The Bertz CT molecular complexity index is 755. The van der Waals surface area contributed by atoms with E-state index in [2.05, 4.69) is 9.97 Å². The van der Waals surface area contributed by atoms with Crippen LogP contribution in [0.5, 0.6) is 0 Å². The third-order valence-corrected chi connectivity index (χ3v) is 4.49. The average molecular weight is 296 g/mol. The van der Waals surface area contributed by atoms with Crippen LogP contribution in [-0.4, -0.2) is 15.1 Å². The van der Waals surface area contributed by atoms with Crippen LogP contribution in [0.2, 0.25) is 0 Å². The minimum absolute atomic E-state index is 0.443. The van der Waals surface area contributed by atoms with Crippen LogP contribution in [-0.2, 0) is 0 Å². The van der Waals surface area contributed by atoms with E-state index in [9.17, 15) is 5.11 Å². The zero-order valence-corrected chi connectivity index (χ0v) is 12.5. The highest BCUT2D eigenvalue weighted by Crippen LogP contribution is 2.35. The lowest BCUT2D eigenvalue weighted by Crippen LogP contribution is -1.97. The van der Waals surface area contributed by atoms with Gasteiger partial charge in [0.2, 0.25) is 0 Å². The van der Waals surface area contributed by atoms with Crippen molar-refractivity contribution in [1.29, 1.82) is 0 Å². The second-order valence-corrected chi connectivity index (χ2v) is 5.79. The van der Waals surface area contributed by atoms with Gasteiger partial charge in [-0.3, -0.25) is 0 Å². The number of fused-ring (bicyclic) bond motifs is 1. The van der Waals surface area contributed by atoms with E-state index in [4.69, 9.17) is 0 Å². The summed E-state index contributed by atoms with van der Waals surface area (Å²) in [5.41, 5.74) is 1.89. The Morgan fingerprint density at radius 2 is 1.81 bits per heavy atom. The van der Waals surface area contributed by atoms with Crippen molar-refractivity contribution in [2.24, 2.45) is 0 Å². The summed E-state index contributed by atoms with van der Waals surface area (Å²) < 4.78 is 0. The molecule has 106 valence electrons. The molecule has 0 saturated carbocycles. The highest BCUT2D eigenvalue weighted by molar-refractivity contribution is 7.99. The standard InChI is InChI=1S/C17H16N2OS/c1-2-15(20)13-8-4-6-10-16(13)21-17-12-7-3-5-9-14(12)18-11-19-17/h3-11,15,20H,2H2,1H3. The average Bonchev–Trinajstić information content (AvgIpc) is 2.55. The first kappa shape index (κ1) is 14.0. The number of aliphatic hydroxyl groups excluding tert-OH is 1. The molecule has 0 amide bonds. The lowest BCUT2D eigenvalue weighted by atomic mass is 10.1. The van der Waals surface area contributed by atoms with E-state index < -0.39 is 6.10 Å². The van der Waals surface area contributed by atoms with E-state index in [0.717, 1.165) is 26.4 Å². The van der Waals surface area contributed by atoms with E-state index in [0.29, 0.717) is 6.42 Å². The van der Waals surface area contributed by atoms with Crippen molar-refractivity contribution in [2.45, 2.75) is 29.4 Å². The predicted octanol–water partition coefficient (Wildman–Crippen LogP) is 4.22. The molecule has 0 aliphatic rings. The van der Waals surface area contributed by atoms with E-state index >= 15 is 0 Å². The molecule has 0 fully saturated rings. The Balaban J connectivity index is 2.03.